The Labute approximate surface area is 96.5 Å². The van der Waals surface area contributed by atoms with Crippen molar-refractivity contribution in [1.82, 2.24) is 0 Å². The van der Waals surface area contributed by atoms with E-state index in [1.165, 1.54) is 0 Å². The summed E-state index contributed by atoms with van der Waals surface area (Å²) in [6.45, 7) is 17.8. The van der Waals surface area contributed by atoms with Gasteiger partial charge in [-0.25, -0.2) is 0 Å². The van der Waals surface area contributed by atoms with Gasteiger partial charge in [-0.15, -0.1) is 0 Å². The molecule has 0 radical (unpaired) electrons. The van der Waals surface area contributed by atoms with Crippen LogP contribution in [0.5, 0.6) is 0 Å². The van der Waals surface area contributed by atoms with E-state index in [1.807, 2.05) is 13.8 Å². The average molecular weight is 208 g/mol. The van der Waals surface area contributed by atoms with Crippen molar-refractivity contribution in [2.75, 3.05) is 0 Å². The number of hydrogen-bond donors (Lipinski definition) is 0. The van der Waals surface area contributed by atoms with E-state index in [2.05, 4.69) is 53.7 Å². The standard InChI is InChI=1S/C13H22.C2H6/c1-12(2,3)10-8-7-9-11(10)13(4,5)6;1-2/h7-8H,9H2,1-6H3;1-2H3. The highest BCUT2D eigenvalue weighted by Gasteiger charge is 2.27. The van der Waals surface area contributed by atoms with Crippen LogP contribution in [0.2, 0.25) is 0 Å². The molecule has 0 unspecified atom stereocenters. The maximum Gasteiger partial charge on any atom is -0.0124 e. The van der Waals surface area contributed by atoms with Crippen LogP contribution in [-0.2, 0) is 0 Å². The first-order chi connectivity index (χ1) is 6.73. The number of allylic oxidation sites excluding steroid dienone is 4. The SMILES string of the molecule is CC.CC(C)(C)C1=C(C(C)(C)C)CC=C1. The zero-order valence-corrected chi connectivity index (χ0v) is 11.9. The first-order valence-corrected chi connectivity index (χ1v) is 6.13. The predicted molar refractivity (Wildman–Crippen MR) is 71.0 cm³/mol. The van der Waals surface area contributed by atoms with Gasteiger partial charge in [-0.05, 0) is 22.8 Å². The topological polar surface area (TPSA) is 0 Å². The van der Waals surface area contributed by atoms with Crippen molar-refractivity contribution in [3.63, 3.8) is 0 Å². The summed E-state index contributed by atoms with van der Waals surface area (Å²) in [6.07, 6.45) is 5.75. The van der Waals surface area contributed by atoms with E-state index in [0.29, 0.717) is 10.8 Å². The van der Waals surface area contributed by atoms with Crippen molar-refractivity contribution in [2.24, 2.45) is 10.8 Å². The molecule has 15 heavy (non-hydrogen) atoms. The van der Waals surface area contributed by atoms with Crippen LogP contribution in [0.4, 0.5) is 0 Å². The molecule has 0 atom stereocenters. The van der Waals surface area contributed by atoms with E-state index in [1.54, 1.807) is 11.1 Å². The van der Waals surface area contributed by atoms with Crippen LogP contribution >= 0.6 is 0 Å². The van der Waals surface area contributed by atoms with Crippen LogP contribution in [0, 0.1) is 10.8 Å². The summed E-state index contributed by atoms with van der Waals surface area (Å²) in [7, 11) is 0. The summed E-state index contributed by atoms with van der Waals surface area (Å²) >= 11 is 0. The maximum atomic E-state index is 2.31. The fourth-order valence-corrected chi connectivity index (χ4v) is 1.92. The number of hydrogen-bond acceptors (Lipinski definition) is 0. The highest BCUT2D eigenvalue weighted by atomic mass is 14.3. The van der Waals surface area contributed by atoms with Crippen molar-refractivity contribution in [3.8, 4) is 0 Å². The normalized spacial score (nSPS) is 16.5. The van der Waals surface area contributed by atoms with E-state index in [-0.39, 0.29) is 0 Å². The molecule has 0 aliphatic heterocycles. The van der Waals surface area contributed by atoms with Gasteiger partial charge in [0.2, 0.25) is 0 Å². The van der Waals surface area contributed by atoms with Crippen molar-refractivity contribution in [2.45, 2.75) is 61.8 Å². The first-order valence-electron chi connectivity index (χ1n) is 6.13. The first kappa shape index (κ1) is 14.5. The molecule has 0 bridgehead atoms. The maximum absolute atomic E-state index is 2.31. The van der Waals surface area contributed by atoms with E-state index in [4.69, 9.17) is 0 Å². The molecule has 0 aromatic rings. The lowest BCUT2D eigenvalue weighted by Crippen LogP contribution is -2.16. The molecule has 0 spiro atoms. The largest absolute Gasteiger partial charge is 0.0801 e. The number of rotatable bonds is 0. The van der Waals surface area contributed by atoms with Gasteiger partial charge in [0.05, 0.1) is 0 Å². The van der Waals surface area contributed by atoms with Gasteiger partial charge < -0.3 is 0 Å². The van der Waals surface area contributed by atoms with Crippen molar-refractivity contribution in [3.05, 3.63) is 23.3 Å². The quantitative estimate of drug-likeness (QED) is 0.502. The van der Waals surface area contributed by atoms with Crippen LogP contribution in [0.25, 0.3) is 0 Å². The van der Waals surface area contributed by atoms with E-state index >= 15 is 0 Å². The molecular weight excluding hydrogens is 180 g/mol. The molecule has 0 saturated carbocycles. The van der Waals surface area contributed by atoms with Crippen molar-refractivity contribution >= 4 is 0 Å². The molecule has 1 aliphatic rings. The molecule has 0 saturated heterocycles. The molecule has 0 amide bonds. The highest BCUT2D eigenvalue weighted by molar-refractivity contribution is 5.40. The summed E-state index contributed by atoms with van der Waals surface area (Å²) in [6, 6.07) is 0. The Morgan fingerprint density at radius 2 is 1.33 bits per heavy atom. The van der Waals surface area contributed by atoms with Crippen molar-refractivity contribution < 1.29 is 0 Å². The minimum absolute atomic E-state index is 0.301. The monoisotopic (exact) mass is 208 g/mol. The Balaban J connectivity index is 0.000000921. The summed E-state index contributed by atoms with van der Waals surface area (Å²) in [5.41, 5.74) is 3.78. The van der Waals surface area contributed by atoms with Gasteiger partial charge in [-0.2, -0.15) is 0 Å². The zero-order valence-electron chi connectivity index (χ0n) is 11.9. The van der Waals surface area contributed by atoms with Crippen LogP contribution in [-0.4, -0.2) is 0 Å². The summed E-state index contributed by atoms with van der Waals surface area (Å²) in [5, 5.41) is 0. The van der Waals surface area contributed by atoms with Crippen LogP contribution < -0.4 is 0 Å². The fraction of sp³-hybridized carbons (Fsp3) is 0.733. The second kappa shape index (κ2) is 5.01. The second-order valence-electron chi connectivity index (χ2n) is 6.00. The molecule has 0 nitrogen and oxygen atoms in total. The fourth-order valence-electron chi connectivity index (χ4n) is 1.92. The lowest BCUT2D eigenvalue weighted by atomic mass is 9.76. The third-order valence-corrected chi connectivity index (χ3v) is 2.64. The molecular formula is C15H28. The summed E-state index contributed by atoms with van der Waals surface area (Å²) < 4.78 is 0. The molecule has 0 N–H and O–H groups in total. The summed E-state index contributed by atoms with van der Waals surface area (Å²) in [4.78, 5) is 0. The van der Waals surface area contributed by atoms with Gasteiger partial charge in [-0.3, -0.25) is 0 Å². The minimum atomic E-state index is 0.301. The molecule has 1 aliphatic carbocycles. The molecule has 1 rings (SSSR count). The van der Waals surface area contributed by atoms with Gasteiger partial charge in [0.15, 0.2) is 0 Å². The molecule has 0 aromatic heterocycles. The van der Waals surface area contributed by atoms with Crippen LogP contribution in [0.1, 0.15) is 61.8 Å². The molecule has 0 heteroatoms. The smallest absolute Gasteiger partial charge is 0.0124 e. The summed E-state index contributed by atoms with van der Waals surface area (Å²) in [5.74, 6) is 0. The molecule has 0 fully saturated rings. The Bertz CT molecular complexity index is 251. The second-order valence-corrected chi connectivity index (χ2v) is 6.00. The Hall–Kier alpha value is -0.520. The molecule has 0 heterocycles. The van der Waals surface area contributed by atoms with Gasteiger partial charge in [0, 0.05) is 0 Å². The third kappa shape index (κ3) is 3.85. The van der Waals surface area contributed by atoms with Crippen LogP contribution in [0.15, 0.2) is 23.3 Å². The van der Waals surface area contributed by atoms with Crippen LogP contribution in [0.3, 0.4) is 0 Å². The van der Waals surface area contributed by atoms with Gasteiger partial charge in [0.1, 0.15) is 0 Å². The average Bonchev–Trinajstić information content (AvgIpc) is 2.53. The predicted octanol–water partition coefficient (Wildman–Crippen LogP) is 5.36. The van der Waals surface area contributed by atoms with Crippen molar-refractivity contribution in [1.29, 1.82) is 0 Å². The van der Waals surface area contributed by atoms with Gasteiger partial charge >= 0.3 is 0 Å². The lowest BCUT2D eigenvalue weighted by molar-refractivity contribution is 0.452. The van der Waals surface area contributed by atoms with Gasteiger partial charge in [0.25, 0.3) is 0 Å². The Morgan fingerprint density at radius 3 is 1.60 bits per heavy atom. The molecule has 0 aromatic carbocycles. The van der Waals surface area contributed by atoms with Gasteiger partial charge in [-0.1, -0.05) is 73.1 Å². The van der Waals surface area contributed by atoms with E-state index < -0.39 is 0 Å². The Kier molecular flexibility index (Phi) is 4.83. The minimum Gasteiger partial charge on any atom is -0.0801 e. The third-order valence-electron chi connectivity index (χ3n) is 2.64. The van der Waals surface area contributed by atoms with E-state index in [0.717, 1.165) is 6.42 Å². The zero-order chi connectivity index (χ0) is 12.3. The highest BCUT2D eigenvalue weighted by Crippen LogP contribution is 2.42. The Morgan fingerprint density at radius 1 is 0.867 bits per heavy atom. The molecule has 88 valence electrons. The lowest BCUT2D eigenvalue weighted by Gasteiger charge is -2.29. The van der Waals surface area contributed by atoms with E-state index in [9.17, 15) is 0 Å².